The van der Waals surface area contributed by atoms with Gasteiger partial charge in [-0.2, -0.15) is 4.98 Å². The van der Waals surface area contributed by atoms with Crippen LogP contribution in [0.15, 0.2) is 0 Å². The number of rotatable bonds is 4. The molecule has 0 aliphatic carbocycles. The molecule has 4 rings (SSSR count). The summed E-state index contributed by atoms with van der Waals surface area (Å²) in [5, 5.41) is 6.28. The molecule has 28 heavy (non-hydrogen) atoms. The average molecular weight is 388 g/mol. The van der Waals surface area contributed by atoms with Gasteiger partial charge in [-0.3, -0.25) is 9.59 Å². The third kappa shape index (κ3) is 3.28. The van der Waals surface area contributed by atoms with Gasteiger partial charge in [0.2, 0.25) is 11.9 Å². The molecule has 2 N–H and O–H groups in total. The molecule has 152 valence electrons. The van der Waals surface area contributed by atoms with Gasteiger partial charge in [-0.05, 0) is 25.7 Å². The first kappa shape index (κ1) is 18.9. The molecule has 2 saturated heterocycles. The van der Waals surface area contributed by atoms with Crippen molar-refractivity contribution in [3.05, 3.63) is 5.69 Å². The van der Waals surface area contributed by atoms with Gasteiger partial charge in [-0.1, -0.05) is 13.8 Å². The molecule has 4 heterocycles. The Bertz CT molecular complexity index is 786. The highest BCUT2D eigenvalue weighted by Crippen LogP contribution is 2.34. The molecule has 3 aliphatic heterocycles. The molecule has 2 fully saturated rings. The predicted molar refractivity (Wildman–Crippen MR) is 105 cm³/mol. The molecule has 0 saturated carbocycles. The van der Waals surface area contributed by atoms with Crippen LogP contribution in [0.1, 0.15) is 32.4 Å². The van der Waals surface area contributed by atoms with Gasteiger partial charge < -0.3 is 25.2 Å². The number of hydrogen-bond acceptors (Lipinski definition) is 7. The Kier molecular flexibility index (Phi) is 4.86. The highest BCUT2D eigenvalue weighted by Gasteiger charge is 2.38. The zero-order valence-electron chi connectivity index (χ0n) is 16.9. The molecular weight excluding hydrogens is 360 g/mol. The number of aryl methyl sites for hydroxylation is 1. The van der Waals surface area contributed by atoms with Crippen LogP contribution in [0.2, 0.25) is 0 Å². The number of ether oxygens (including phenoxy) is 1. The van der Waals surface area contributed by atoms with E-state index in [-0.39, 0.29) is 35.9 Å². The minimum absolute atomic E-state index is 0.0281. The second-order valence-corrected chi connectivity index (χ2v) is 8.21. The number of nitrogens with zero attached hydrogens (tertiary/aromatic N) is 4. The summed E-state index contributed by atoms with van der Waals surface area (Å²) in [7, 11) is 1.89. The standard InChI is InChI=1S/C19H28N6O3/c1-10(2)15-17(26)22-14-11(3)20-19(23-16(14)24(15)4)21-12-8-25(9-12)18(27)13-6-5-7-28-13/h10,12-13,15H,5-9H2,1-4H3,(H,22,26)(H,20,21,23). The SMILES string of the molecule is Cc1nc(NC2CN(C(=O)C3CCCO3)C2)nc2c1NC(=O)C(C(C)C)N2C. The fraction of sp³-hybridized carbons (Fsp3) is 0.684. The third-order valence-corrected chi connectivity index (χ3v) is 5.70. The lowest BCUT2D eigenvalue weighted by molar-refractivity contribution is -0.145. The molecule has 2 unspecified atom stereocenters. The van der Waals surface area contributed by atoms with E-state index in [1.54, 1.807) is 0 Å². The number of carbonyl (C=O) groups is 2. The lowest BCUT2D eigenvalue weighted by Crippen LogP contribution is -2.59. The largest absolute Gasteiger partial charge is 0.368 e. The van der Waals surface area contributed by atoms with E-state index in [2.05, 4.69) is 20.6 Å². The third-order valence-electron chi connectivity index (χ3n) is 5.70. The van der Waals surface area contributed by atoms with Crippen molar-refractivity contribution < 1.29 is 14.3 Å². The van der Waals surface area contributed by atoms with E-state index >= 15 is 0 Å². The summed E-state index contributed by atoms with van der Waals surface area (Å²) in [4.78, 5) is 37.7. The van der Waals surface area contributed by atoms with Crippen molar-refractivity contribution in [2.75, 3.05) is 42.3 Å². The molecule has 9 heteroatoms. The predicted octanol–water partition coefficient (Wildman–Crippen LogP) is 1.000. The van der Waals surface area contributed by atoms with Crippen LogP contribution >= 0.6 is 0 Å². The number of aromatic nitrogens is 2. The Morgan fingerprint density at radius 1 is 1.32 bits per heavy atom. The Morgan fingerprint density at radius 2 is 2.07 bits per heavy atom. The van der Waals surface area contributed by atoms with E-state index in [4.69, 9.17) is 4.74 Å². The van der Waals surface area contributed by atoms with Crippen LogP contribution in [0.25, 0.3) is 0 Å². The topological polar surface area (TPSA) is 99.7 Å². The number of likely N-dealkylation sites (tertiary alicyclic amines) is 1. The van der Waals surface area contributed by atoms with Crippen molar-refractivity contribution in [1.29, 1.82) is 0 Å². The molecule has 3 aliphatic rings. The van der Waals surface area contributed by atoms with Crippen LogP contribution in [0.5, 0.6) is 0 Å². The summed E-state index contributed by atoms with van der Waals surface area (Å²) < 4.78 is 5.48. The summed E-state index contributed by atoms with van der Waals surface area (Å²) in [5.41, 5.74) is 1.39. The van der Waals surface area contributed by atoms with E-state index in [0.29, 0.717) is 31.3 Å². The maximum absolute atomic E-state index is 12.4. The molecule has 2 atom stereocenters. The molecule has 9 nitrogen and oxygen atoms in total. The van der Waals surface area contributed by atoms with Crippen molar-refractivity contribution >= 4 is 29.3 Å². The zero-order valence-corrected chi connectivity index (χ0v) is 16.9. The number of amides is 2. The lowest BCUT2D eigenvalue weighted by atomic mass is 9.99. The van der Waals surface area contributed by atoms with E-state index in [1.807, 2.05) is 37.6 Å². The maximum atomic E-state index is 12.4. The van der Waals surface area contributed by atoms with Gasteiger partial charge in [0.15, 0.2) is 5.82 Å². The van der Waals surface area contributed by atoms with Gasteiger partial charge in [0.05, 0.1) is 11.7 Å². The minimum Gasteiger partial charge on any atom is -0.368 e. The molecule has 0 bridgehead atoms. The van der Waals surface area contributed by atoms with Crippen LogP contribution < -0.4 is 15.5 Å². The van der Waals surface area contributed by atoms with E-state index in [1.165, 1.54) is 0 Å². The first-order valence-electron chi connectivity index (χ1n) is 9.94. The fourth-order valence-corrected chi connectivity index (χ4v) is 4.19. The zero-order chi connectivity index (χ0) is 20.0. The highest BCUT2D eigenvalue weighted by atomic mass is 16.5. The van der Waals surface area contributed by atoms with Gasteiger partial charge >= 0.3 is 0 Å². The van der Waals surface area contributed by atoms with Gasteiger partial charge in [-0.15, -0.1) is 0 Å². The Labute approximate surface area is 164 Å². The fourth-order valence-electron chi connectivity index (χ4n) is 4.19. The Morgan fingerprint density at radius 3 is 2.71 bits per heavy atom. The summed E-state index contributed by atoms with van der Waals surface area (Å²) >= 11 is 0. The molecule has 0 spiro atoms. The lowest BCUT2D eigenvalue weighted by Gasteiger charge is -2.41. The summed E-state index contributed by atoms with van der Waals surface area (Å²) in [5.74, 6) is 1.46. The first-order chi connectivity index (χ1) is 13.3. The molecule has 0 aromatic carbocycles. The van der Waals surface area contributed by atoms with Crippen LogP contribution in [-0.2, 0) is 14.3 Å². The normalized spacial score (nSPS) is 24.8. The van der Waals surface area contributed by atoms with E-state index < -0.39 is 0 Å². The van der Waals surface area contributed by atoms with Crippen molar-refractivity contribution in [3.8, 4) is 0 Å². The number of hydrogen-bond donors (Lipinski definition) is 2. The average Bonchev–Trinajstić information content (AvgIpc) is 3.12. The quantitative estimate of drug-likeness (QED) is 0.794. The van der Waals surface area contributed by atoms with Crippen molar-refractivity contribution in [3.63, 3.8) is 0 Å². The van der Waals surface area contributed by atoms with Crippen molar-refractivity contribution in [1.82, 2.24) is 14.9 Å². The molecule has 0 radical (unpaired) electrons. The summed E-state index contributed by atoms with van der Waals surface area (Å²) in [6, 6.07) is -0.148. The van der Waals surface area contributed by atoms with Crippen LogP contribution in [0.4, 0.5) is 17.5 Å². The second kappa shape index (κ2) is 7.20. The van der Waals surface area contributed by atoms with Crippen LogP contribution in [0.3, 0.4) is 0 Å². The molecule has 1 aromatic heterocycles. The molecule has 2 amide bonds. The van der Waals surface area contributed by atoms with Crippen LogP contribution in [-0.4, -0.2) is 71.6 Å². The summed E-state index contributed by atoms with van der Waals surface area (Å²) in [6.45, 7) is 7.83. The Hall–Kier alpha value is -2.42. The molecular formula is C19H28N6O3. The monoisotopic (exact) mass is 388 g/mol. The highest BCUT2D eigenvalue weighted by molar-refractivity contribution is 6.03. The smallest absolute Gasteiger partial charge is 0.251 e. The number of fused-ring (bicyclic) bond motifs is 1. The first-order valence-corrected chi connectivity index (χ1v) is 9.94. The van der Waals surface area contributed by atoms with Gasteiger partial charge in [-0.25, -0.2) is 4.98 Å². The van der Waals surface area contributed by atoms with Gasteiger partial charge in [0, 0.05) is 26.7 Å². The minimum atomic E-state index is -0.270. The second-order valence-electron chi connectivity index (χ2n) is 8.21. The Balaban J connectivity index is 1.44. The molecule has 1 aromatic rings. The number of carbonyl (C=O) groups excluding carboxylic acids is 2. The van der Waals surface area contributed by atoms with Gasteiger partial charge in [0.25, 0.3) is 5.91 Å². The van der Waals surface area contributed by atoms with Crippen LogP contribution in [0, 0.1) is 12.8 Å². The van der Waals surface area contributed by atoms with E-state index in [9.17, 15) is 9.59 Å². The van der Waals surface area contributed by atoms with Crippen molar-refractivity contribution in [2.45, 2.75) is 51.8 Å². The maximum Gasteiger partial charge on any atom is 0.251 e. The number of nitrogens with one attached hydrogen (secondary N) is 2. The van der Waals surface area contributed by atoms with E-state index in [0.717, 1.165) is 24.4 Å². The van der Waals surface area contributed by atoms with Crippen molar-refractivity contribution in [2.24, 2.45) is 5.92 Å². The van der Waals surface area contributed by atoms with Gasteiger partial charge in [0.1, 0.15) is 17.8 Å². The summed E-state index contributed by atoms with van der Waals surface area (Å²) in [6.07, 6.45) is 1.50. The number of anilines is 3. The number of likely N-dealkylation sites (N-methyl/N-ethyl adjacent to an activating group) is 1.